The van der Waals surface area contributed by atoms with Gasteiger partial charge < -0.3 is 29.2 Å². The van der Waals surface area contributed by atoms with E-state index in [1.54, 1.807) is 86.6 Å². The summed E-state index contributed by atoms with van der Waals surface area (Å²) in [4.78, 5) is 41.8. The third-order valence-corrected chi connectivity index (χ3v) is 5.53. The van der Waals surface area contributed by atoms with Crippen molar-refractivity contribution in [3.05, 3.63) is 89.5 Å². The van der Waals surface area contributed by atoms with Gasteiger partial charge in [0, 0.05) is 24.2 Å². The summed E-state index contributed by atoms with van der Waals surface area (Å²) >= 11 is 0. The topological polar surface area (TPSA) is 136 Å². The summed E-state index contributed by atoms with van der Waals surface area (Å²) < 4.78 is 16.3. The van der Waals surface area contributed by atoms with E-state index in [0.717, 1.165) is 29.8 Å². The smallest absolute Gasteiger partial charge is 0.193 e. The molecule has 3 aromatic carbocycles. The van der Waals surface area contributed by atoms with Gasteiger partial charge in [-0.1, -0.05) is 33.1 Å². The average Bonchev–Trinajstić information content (AvgIpc) is 3.05. The van der Waals surface area contributed by atoms with E-state index in [1.807, 2.05) is 41.5 Å². The van der Waals surface area contributed by atoms with Crippen molar-refractivity contribution in [2.24, 2.45) is 0 Å². The van der Waals surface area contributed by atoms with Crippen LogP contribution in [0, 0.1) is 0 Å². The molecule has 0 saturated carbocycles. The fourth-order valence-corrected chi connectivity index (χ4v) is 3.46. The fourth-order valence-electron chi connectivity index (χ4n) is 3.46. The maximum atomic E-state index is 11.7. The van der Waals surface area contributed by atoms with Crippen LogP contribution in [0.25, 0.3) is 0 Å². The van der Waals surface area contributed by atoms with E-state index in [1.165, 1.54) is 47.0 Å². The van der Waals surface area contributed by atoms with Gasteiger partial charge in [0.25, 0.3) is 0 Å². The van der Waals surface area contributed by atoms with Crippen molar-refractivity contribution < 1.29 is 45.0 Å². The number of benzene rings is 3. The first-order chi connectivity index (χ1) is 24.6. The van der Waals surface area contributed by atoms with Crippen LogP contribution >= 0.6 is 0 Å². The van der Waals surface area contributed by atoms with Crippen LogP contribution in [0.2, 0.25) is 0 Å². The summed E-state index contributed by atoms with van der Waals surface area (Å²) in [5, 5.41) is 17.6. The van der Waals surface area contributed by atoms with E-state index in [0.29, 0.717) is 16.7 Å². The van der Waals surface area contributed by atoms with Gasteiger partial charge in [-0.05, 0) is 156 Å². The van der Waals surface area contributed by atoms with E-state index in [-0.39, 0.29) is 37.4 Å². The van der Waals surface area contributed by atoms with Crippen molar-refractivity contribution in [2.45, 2.75) is 146 Å². The minimum Gasteiger partial charge on any atom is -0.491 e. The lowest BCUT2D eigenvalue weighted by Crippen LogP contribution is -2.30. The third kappa shape index (κ3) is 34.5. The SMILES string of the molecule is CC(C)=O.CC(C)O.CC(C)Oc1ccc(C(=O)C(C)(C)O)cc1.CC(C)Oc1ccc(C=O)cc1.CC(C)Oc1ccc(C=O)cc1.CCCCC.[HH]. The van der Waals surface area contributed by atoms with Crippen molar-refractivity contribution in [1.82, 2.24) is 0 Å². The Balaban J connectivity index is -0.000000299. The lowest BCUT2D eigenvalue weighted by Gasteiger charge is -2.16. The van der Waals surface area contributed by atoms with Crippen LogP contribution in [0.5, 0.6) is 17.2 Å². The summed E-state index contributed by atoms with van der Waals surface area (Å²) in [6, 6.07) is 20.9. The molecule has 0 spiro atoms. The molecule has 3 rings (SSSR count). The molecule has 9 nitrogen and oxygen atoms in total. The number of rotatable bonds is 12. The van der Waals surface area contributed by atoms with Crippen molar-refractivity contribution in [3.8, 4) is 17.2 Å². The van der Waals surface area contributed by atoms with Crippen molar-refractivity contribution >= 4 is 24.1 Å². The average molecular weight is 743 g/mol. The Hall–Kier alpha value is -4.34. The van der Waals surface area contributed by atoms with Gasteiger partial charge in [0.2, 0.25) is 0 Å². The Morgan fingerprint density at radius 1 is 0.623 bits per heavy atom. The normalized spacial score (nSPS) is 9.96. The molecule has 0 aliphatic heterocycles. The van der Waals surface area contributed by atoms with Crippen LogP contribution in [-0.2, 0) is 4.79 Å². The molecule has 0 bridgehead atoms. The quantitative estimate of drug-likeness (QED) is 0.137. The third-order valence-electron chi connectivity index (χ3n) is 5.53. The van der Waals surface area contributed by atoms with E-state index >= 15 is 0 Å². The molecule has 0 aliphatic rings. The number of aldehydes is 2. The zero-order valence-electron chi connectivity index (χ0n) is 34.8. The number of Topliss-reactive ketones (excluding diaryl/α,β-unsaturated/α-hetero) is 2. The molecule has 0 radical (unpaired) electrons. The molecular formula is C44H70O9. The van der Waals surface area contributed by atoms with Gasteiger partial charge in [-0.2, -0.15) is 0 Å². The predicted octanol–water partition coefficient (Wildman–Crippen LogP) is 10.4. The van der Waals surface area contributed by atoms with Gasteiger partial charge in [0.1, 0.15) is 41.2 Å². The van der Waals surface area contributed by atoms with Crippen molar-refractivity contribution in [2.75, 3.05) is 0 Å². The number of carbonyl (C=O) groups is 4. The van der Waals surface area contributed by atoms with Crippen LogP contribution < -0.4 is 14.2 Å². The molecule has 0 aromatic heterocycles. The van der Waals surface area contributed by atoms with E-state index in [4.69, 9.17) is 19.3 Å². The molecule has 0 fully saturated rings. The molecule has 0 saturated heterocycles. The Bertz CT molecular complexity index is 1290. The lowest BCUT2D eigenvalue weighted by atomic mass is 9.97. The molecule has 2 N–H and O–H groups in total. The molecule has 53 heavy (non-hydrogen) atoms. The highest BCUT2D eigenvalue weighted by Gasteiger charge is 2.24. The fraction of sp³-hybridized carbons (Fsp3) is 0.500. The molecule has 3 aromatic rings. The zero-order valence-corrected chi connectivity index (χ0v) is 34.8. The van der Waals surface area contributed by atoms with Gasteiger partial charge in [-0.25, -0.2) is 0 Å². The molecule has 0 aliphatic carbocycles. The first-order valence-electron chi connectivity index (χ1n) is 18.3. The summed E-state index contributed by atoms with van der Waals surface area (Å²) in [5.41, 5.74) is 0.501. The Kier molecular flexibility index (Phi) is 31.2. The number of carbonyl (C=O) groups excluding carboxylic acids is 4. The van der Waals surface area contributed by atoms with E-state index in [9.17, 15) is 24.3 Å². The van der Waals surface area contributed by atoms with Gasteiger partial charge in [0.15, 0.2) is 5.78 Å². The van der Waals surface area contributed by atoms with Crippen LogP contribution in [0.3, 0.4) is 0 Å². The lowest BCUT2D eigenvalue weighted by molar-refractivity contribution is -0.115. The van der Waals surface area contributed by atoms with Crippen LogP contribution in [0.4, 0.5) is 0 Å². The van der Waals surface area contributed by atoms with Crippen LogP contribution in [0.15, 0.2) is 72.8 Å². The largest absolute Gasteiger partial charge is 0.491 e. The Morgan fingerprint density at radius 3 is 1.04 bits per heavy atom. The van der Waals surface area contributed by atoms with Gasteiger partial charge >= 0.3 is 0 Å². The first-order valence-corrected chi connectivity index (χ1v) is 18.3. The molecule has 0 atom stereocenters. The maximum Gasteiger partial charge on any atom is 0.193 e. The monoisotopic (exact) mass is 743 g/mol. The molecular weight excluding hydrogens is 672 g/mol. The second-order valence-corrected chi connectivity index (χ2v) is 13.6. The number of unbranched alkanes of at least 4 members (excludes halogenated alkanes) is 2. The van der Waals surface area contributed by atoms with Gasteiger partial charge in [-0.15, -0.1) is 0 Å². The summed E-state index contributed by atoms with van der Waals surface area (Å²) in [6.45, 7) is 25.6. The second-order valence-electron chi connectivity index (χ2n) is 13.6. The number of aliphatic hydroxyl groups is 2. The van der Waals surface area contributed by atoms with E-state index in [2.05, 4.69) is 13.8 Å². The summed E-state index contributed by atoms with van der Waals surface area (Å²) in [5.74, 6) is 2.21. The second kappa shape index (κ2) is 31.2. The molecule has 9 heteroatoms. The van der Waals surface area contributed by atoms with Crippen molar-refractivity contribution in [3.63, 3.8) is 0 Å². The minimum atomic E-state index is -1.33. The Labute approximate surface area is 321 Å². The minimum absolute atomic E-state index is 0. The van der Waals surface area contributed by atoms with Gasteiger partial charge in [-0.3, -0.25) is 14.4 Å². The highest BCUT2D eigenvalue weighted by Crippen LogP contribution is 2.18. The van der Waals surface area contributed by atoms with Crippen LogP contribution in [0.1, 0.15) is 149 Å². The predicted molar refractivity (Wildman–Crippen MR) is 219 cm³/mol. The van der Waals surface area contributed by atoms with Gasteiger partial charge in [0.05, 0.1) is 18.3 Å². The highest BCUT2D eigenvalue weighted by atomic mass is 16.5. The molecule has 0 heterocycles. The number of hydrogen-bond donors (Lipinski definition) is 2. The standard InChI is InChI=1S/C13H18O3.2C10H12O2.C5H12.C3H8O.C3H6O.H2/c1-9(2)16-11-7-5-10(6-8-11)12(14)13(3,4)15;2*1-8(2)12-10-5-3-9(7-11)4-6-10;1-3-5-4-2;2*1-3(2)4;/h5-9,15H,1-4H3;2*3-8H,1-2H3;3-5H2,1-2H3;3-4H,1-2H3;1-2H3;1H. The molecule has 0 unspecified atom stereocenters. The van der Waals surface area contributed by atoms with Crippen LogP contribution in [-0.4, -0.2) is 64.4 Å². The van der Waals surface area contributed by atoms with E-state index < -0.39 is 5.60 Å². The highest BCUT2D eigenvalue weighted by molar-refractivity contribution is 6.01. The summed E-state index contributed by atoms with van der Waals surface area (Å²) in [6.07, 6.45) is 6.00. The number of ether oxygens (including phenoxy) is 3. The number of ketones is 2. The summed E-state index contributed by atoms with van der Waals surface area (Å²) in [7, 11) is 0. The Morgan fingerprint density at radius 2 is 0.868 bits per heavy atom. The first kappa shape index (κ1) is 53.0. The maximum absolute atomic E-state index is 11.7. The number of hydrogen-bond acceptors (Lipinski definition) is 9. The zero-order chi connectivity index (χ0) is 41.6. The van der Waals surface area contributed by atoms with Crippen molar-refractivity contribution in [1.29, 1.82) is 0 Å². The molecule has 0 amide bonds. The molecule has 300 valence electrons. The number of aliphatic hydroxyl groups excluding tert-OH is 1.